The summed E-state index contributed by atoms with van der Waals surface area (Å²) in [7, 11) is 0. The van der Waals surface area contributed by atoms with Crippen LogP contribution in [0, 0.1) is 18.8 Å². The number of rotatable bonds is 6. The SMILES string of the molecule is Cc1c(C(=O)CC(C)C2CCN(C(=O)[C@H](C)N)CC2)nnn1-c1ccccc1. The van der Waals surface area contributed by atoms with Gasteiger partial charge >= 0.3 is 0 Å². The quantitative estimate of drug-likeness (QED) is 0.773. The highest BCUT2D eigenvalue weighted by Crippen LogP contribution is 2.28. The summed E-state index contributed by atoms with van der Waals surface area (Å²) in [5, 5.41) is 8.30. The number of nitrogens with zero attached hydrogens (tertiary/aromatic N) is 4. The third-order valence-electron chi connectivity index (χ3n) is 5.71. The predicted molar refractivity (Wildman–Crippen MR) is 107 cm³/mol. The maximum absolute atomic E-state index is 12.8. The van der Waals surface area contributed by atoms with Gasteiger partial charge in [0.05, 0.1) is 17.4 Å². The molecule has 1 aromatic heterocycles. The van der Waals surface area contributed by atoms with Crippen LogP contribution in [-0.4, -0.2) is 50.7 Å². The summed E-state index contributed by atoms with van der Waals surface area (Å²) in [6.45, 7) is 7.14. The van der Waals surface area contributed by atoms with Crippen molar-refractivity contribution in [1.82, 2.24) is 19.9 Å². The minimum atomic E-state index is -0.453. The topological polar surface area (TPSA) is 94.1 Å². The van der Waals surface area contributed by atoms with E-state index in [-0.39, 0.29) is 17.6 Å². The molecule has 2 N–H and O–H groups in total. The maximum Gasteiger partial charge on any atom is 0.239 e. The number of piperidine rings is 1. The molecular weight excluding hydrogens is 354 g/mol. The number of ketones is 1. The number of Topliss-reactive ketones (excluding diaryl/α,β-unsaturated/α-hetero) is 1. The largest absolute Gasteiger partial charge is 0.341 e. The number of likely N-dealkylation sites (tertiary alicyclic amines) is 1. The molecule has 1 aliphatic rings. The van der Waals surface area contributed by atoms with E-state index in [1.807, 2.05) is 42.2 Å². The second-order valence-electron chi connectivity index (χ2n) is 7.83. The van der Waals surface area contributed by atoms with E-state index in [2.05, 4.69) is 17.2 Å². The van der Waals surface area contributed by atoms with Crippen molar-refractivity contribution in [2.24, 2.45) is 17.6 Å². The van der Waals surface area contributed by atoms with Crippen molar-refractivity contribution in [1.29, 1.82) is 0 Å². The van der Waals surface area contributed by atoms with Crippen molar-refractivity contribution < 1.29 is 9.59 Å². The monoisotopic (exact) mass is 383 g/mol. The fraction of sp³-hybridized carbons (Fsp3) is 0.524. The minimum Gasteiger partial charge on any atom is -0.341 e. The van der Waals surface area contributed by atoms with E-state index >= 15 is 0 Å². The van der Waals surface area contributed by atoms with Crippen molar-refractivity contribution in [3.63, 3.8) is 0 Å². The molecule has 1 aliphatic heterocycles. The number of aromatic nitrogens is 3. The molecule has 1 unspecified atom stereocenters. The molecule has 150 valence electrons. The molecule has 1 amide bonds. The first-order valence-electron chi connectivity index (χ1n) is 9.93. The van der Waals surface area contributed by atoms with Crippen molar-refractivity contribution >= 4 is 11.7 Å². The lowest BCUT2D eigenvalue weighted by Crippen LogP contribution is -2.46. The fourth-order valence-corrected chi connectivity index (χ4v) is 3.93. The number of hydrogen-bond acceptors (Lipinski definition) is 5. The van der Waals surface area contributed by atoms with Gasteiger partial charge in [-0.25, -0.2) is 4.68 Å². The van der Waals surface area contributed by atoms with Crippen LogP contribution in [0.2, 0.25) is 0 Å². The molecule has 0 aliphatic carbocycles. The van der Waals surface area contributed by atoms with Gasteiger partial charge in [-0.1, -0.05) is 30.3 Å². The Labute approximate surface area is 165 Å². The van der Waals surface area contributed by atoms with Gasteiger partial charge in [-0.05, 0) is 50.7 Å². The first-order valence-corrected chi connectivity index (χ1v) is 9.93. The Balaban J connectivity index is 1.60. The van der Waals surface area contributed by atoms with Crippen LogP contribution in [0.25, 0.3) is 5.69 Å². The van der Waals surface area contributed by atoms with Crippen molar-refractivity contribution in [2.45, 2.75) is 46.1 Å². The number of amides is 1. The molecular formula is C21H29N5O2. The minimum absolute atomic E-state index is 0.00957. The second kappa shape index (κ2) is 8.65. The van der Waals surface area contributed by atoms with Crippen molar-refractivity contribution in [3.8, 4) is 5.69 Å². The van der Waals surface area contributed by atoms with Crippen LogP contribution in [0.4, 0.5) is 0 Å². The normalized spacial score (nSPS) is 17.4. The van der Waals surface area contributed by atoms with Crippen LogP contribution < -0.4 is 5.73 Å². The van der Waals surface area contributed by atoms with E-state index in [1.165, 1.54) is 0 Å². The molecule has 0 bridgehead atoms. The maximum atomic E-state index is 12.8. The molecule has 2 aromatic rings. The fourth-order valence-electron chi connectivity index (χ4n) is 3.93. The number of nitrogens with two attached hydrogens (primary N) is 1. The van der Waals surface area contributed by atoms with Crippen LogP contribution in [0.1, 0.15) is 49.3 Å². The summed E-state index contributed by atoms with van der Waals surface area (Å²) in [4.78, 5) is 26.7. The van der Waals surface area contributed by atoms with Gasteiger partial charge in [0.25, 0.3) is 0 Å². The smallest absolute Gasteiger partial charge is 0.239 e. The lowest BCUT2D eigenvalue weighted by molar-refractivity contribution is -0.133. The summed E-state index contributed by atoms with van der Waals surface area (Å²) in [6, 6.07) is 9.23. The Hall–Kier alpha value is -2.54. The summed E-state index contributed by atoms with van der Waals surface area (Å²) in [6.07, 6.45) is 2.26. The standard InChI is InChI=1S/C21H29N5O2/c1-14(17-9-11-25(12-10-17)21(28)15(2)22)13-19(27)20-16(3)26(24-23-20)18-7-5-4-6-8-18/h4-8,14-15,17H,9-13,22H2,1-3H3/t14?,15-/m0/s1. The molecule has 1 fully saturated rings. The number of carbonyl (C=O) groups is 2. The zero-order valence-electron chi connectivity index (χ0n) is 16.8. The Morgan fingerprint density at radius 2 is 1.82 bits per heavy atom. The number of benzene rings is 1. The van der Waals surface area contributed by atoms with Gasteiger partial charge < -0.3 is 10.6 Å². The van der Waals surface area contributed by atoms with E-state index in [0.29, 0.717) is 31.1 Å². The van der Waals surface area contributed by atoms with Gasteiger partial charge in [-0.15, -0.1) is 5.10 Å². The number of para-hydroxylation sites is 1. The van der Waals surface area contributed by atoms with Gasteiger partial charge in [-0.3, -0.25) is 9.59 Å². The molecule has 7 heteroatoms. The molecule has 7 nitrogen and oxygen atoms in total. The summed E-state index contributed by atoms with van der Waals surface area (Å²) >= 11 is 0. The second-order valence-corrected chi connectivity index (χ2v) is 7.83. The van der Waals surface area contributed by atoms with Crippen LogP contribution >= 0.6 is 0 Å². The van der Waals surface area contributed by atoms with E-state index in [4.69, 9.17) is 5.73 Å². The molecule has 3 rings (SSSR count). The molecule has 0 spiro atoms. The Morgan fingerprint density at radius 3 is 2.43 bits per heavy atom. The van der Waals surface area contributed by atoms with E-state index < -0.39 is 6.04 Å². The van der Waals surface area contributed by atoms with Gasteiger partial charge in [0.2, 0.25) is 5.91 Å². The summed E-state index contributed by atoms with van der Waals surface area (Å²) < 4.78 is 1.70. The van der Waals surface area contributed by atoms with E-state index in [1.54, 1.807) is 11.6 Å². The van der Waals surface area contributed by atoms with Gasteiger partial charge in [0.15, 0.2) is 11.5 Å². The summed E-state index contributed by atoms with van der Waals surface area (Å²) in [5.74, 6) is 0.698. The predicted octanol–water partition coefficient (Wildman–Crippen LogP) is 2.37. The van der Waals surface area contributed by atoms with E-state index in [9.17, 15) is 9.59 Å². The highest BCUT2D eigenvalue weighted by atomic mass is 16.2. The first-order chi connectivity index (χ1) is 13.4. The Bertz CT molecular complexity index is 823. The molecule has 2 atom stereocenters. The Morgan fingerprint density at radius 1 is 1.18 bits per heavy atom. The average molecular weight is 383 g/mol. The van der Waals surface area contributed by atoms with Crippen LogP contribution in [-0.2, 0) is 4.79 Å². The van der Waals surface area contributed by atoms with Crippen LogP contribution in [0.5, 0.6) is 0 Å². The van der Waals surface area contributed by atoms with E-state index in [0.717, 1.165) is 24.2 Å². The highest BCUT2D eigenvalue weighted by molar-refractivity contribution is 5.95. The Kier molecular flexibility index (Phi) is 6.24. The molecule has 2 heterocycles. The molecule has 1 saturated heterocycles. The van der Waals surface area contributed by atoms with Crippen molar-refractivity contribution in [2.75, 3.05) is 13.1 Å². The van der Waals surface area contributed by atoms with Gasteiger partial charge in [-0.2, -0.15) is 0 Å². The highest BCUT2D eigenvalue weighted by Gasteiger charge is 2.29. The molecule has 28 heavy (non-hydrogen) atoms. The number of carbonyl (C=O) groups excluding carboxylic acids is 2. The molecule has 1 aromatic carbocycles. The summed E-state index contributed by atoms with van der Waals surface area (Å²) in [5.41, 5.74) is 7.80. The van der Waals surface area contributed by atoms with Crippen LogP contribution in [0.3, 0.4) is 0 Å². The zero-order valence-corrected chi connectivity index (χ0v) is 16.8. The zero-order chi connectivity index (χ0) is 20.3. The average Bonchev–Trinajstić information content (AvgIpc) is 3.09. The van der Waals surface area contributed by atoms with Crippen LogP contribution in [0.15, 0.2) is 30.3 Å². The molecule has 0 saturated carbocycles. The molecule has 0 radical (unpaired) electrons. The lowest BCUT2D eigenvalue weighted by atomic mass is 9.82. The first kappa shape index (κ1) is 20.2. The third kappa shape index (κ3) is 4.30. The van der Waals surface area contributed by atoms with Gasteiger partial charge in [0, 0.05) is 19.5 Å². The van der Waals surface area contributed by atoms with Gasteiger partial charge in [0.1, 0.15) is 0 Å². The number of hydrogen-bond donors (Lipinski definition) is 1. The third-order valence-corrected chi connectivity index (χ3v) is 5.71. The lowest BCUT2D eigenvalue weighted by Gasteiger charge is -2.35. The van der Waals surface area contributed by atoms with Crippen molar-refractivity contribution in [3.05, 3.63) is 41.7 Å².